The number of fused-ring (bicyclic) bond motifs is 1. The maximum absolute atomic E-state index is 6.00. The van der Waals surface area contributed by atoms with Crippen molar-refractivity contribution in [2.24, 2.45) is 0 Å². The highest BCUT2D eigenvalue weighted by molar-refractivity contribution is 6.45. The van der Waals surface area contributed by atoms with E-state index in [0.717, 1.165) is 24.2 Å². The molecule has 0 amide bonds. The summed E-state index contributed by atoms with van der Waals surface area (Å²) in [5.41, 5.74) is 0.697. The molecule has 5 heteroatoms. The van der Waals surface area contributed by atoms with E-state index in [1.165, 1.54) is 5.56 Å². The Labute approximate surface area is 120 Å². The fraction of sp³-hybridized carbons (Fsp3) is 0.600. The average Bonchev–Trinajstić information content (AvgIpc) is 2.89. The van der Waals surface area contributed by atoms with Gasteiger partial charge in [-0.15, -0.1) is 0 Å². The number of rotatable bonds is 3. The molecular weight excluding hydrogens is 255 g/mol. The quantitative estimate of drug-likeness (QED) is 0.795. The van der Waals surface area contributed by atoms with Crippen LogP contribution in [0.3, 0.4) is 0 Å². The van der Waals surface area contributed by atoms with Gasteiger partial charge in [-0.3, -0.25) is 0 Å². The molecule has 1 saturated heterocycles. The van der Waals surface area contributed by atoms with E-state index in [2.05, 4.69) is 33.8 Å². The highest BCUT2D eigenvalue weighted by atomic mass is 16.7. The second-order valence-electron chi connectivity index (χ2n) is 6.41. The van der Waals surface area contributed by atoms with Gasteiger partial charge in [-0.1, -0.05) is 6.07 Å². The first-order chi connectivity index (χ1) is 9.37. The Morgan fingerprint density at radius 3 is 2.35 bits per heavy atom. The standard InChI is InChI=1S/C15H21BO4/c1-14(2)15(3,4)20-16(19-14)8-7-11-5-6-12-13(9-11)18-10-17-12/h5-6,9H,7-8,10H2,1-4H3. The minimum atomic E-state index is -0.257. The zero-order chi connectivity index (χ0) is 14.4. The Morgan fingerprint density at radius 1 is 1.00 bits per heavy atom. The molecule has 0 atom stereocenters. The summed E-state index contributed by atoms with van der Waals surface area (Å²) >= 11 is 0. The molecule has 0 bridgehead atoms. The minimum Gasteiger partial charge on any atom is -0.454 e. The fourth-order valence-corrected chi connectivity index (χ4v) is 2.46. The van der Waals surface area contributed by atoms with E-state index < -0.39 is 0 Å². The van der Waals surface area contributed by atoms with Gasteiger partial charge >= 0.3 is 7.12 Å². The van der Waals surface area contributed by atoms with Crippen LogP contribution in [0.2, 0.25) is 6.32 Å². The lowest BCUT2D eigenvalue weighted by atomic mass is 9.81. The van der Waals surface area contributed by atoms with Crippen LogP contribution in [0.5, 0.6) is 11.5 Å². The number of aryl methyl sites for hydroxylation is 1. The largest absolute Gasteiger partial charge is 0.458 e. The van der Waals surface area contributed by atoms with Gasteiger partial charge in [-0.05, 0) is 58.1 Å². The summed E-state index contributed by atoms with van der Waals surface area (Å²) in [5, 5.41) is 0. The molecule has 1 fully saturated rings. The van der Waals surface area contributed by atoms with Crippen LogP contribution in [-0.4, -0.2) is 25.1 Å². The highest BCUT2D eigenvalue weighted by Crippen LogP contribution is 2.38. The Hall–Kier alpha value is -1.20. The van der Waals surface area contributed by atoms with Gasteiger partial charge in [0.1, 0.15) is 0 Å². The van der Waals surface area contributed by atoms with Crippen molar-refractivity contribution in [3.05, 3.63) is 23.8 Å². The SMILES string of the molecule is CC1(C)OB(CCc2ccc3c(c2)OCO3)OC1(C)C. The number of benzene rings is 1. The van der Waals surface area contributed by atoms with Gasteiger partial charge < -0.3 is 18.8 Å². The Balaban J connectivity index is 1.61. The molecule has 2 heterocycles. The molecule has 108 valence electrons. The first-order valence-electron chi connectivity index (χ1n) is 7.12. The average molecular weight is 276 g/mol. The summed E-state index contributed by atoms with van der Waals surface area (Å²) in [4.78, 5) is 0. The molecule has 2 aliphatic heterocycles. The monoisotopic (exact) mass is 276 g/mol. The highest BCUT2D eigenvalue weighted by Gasteiger charge is 2.50. The third kappa shape index (κ3) is 2.40. The van der Waals surface area contributed by atoms with Gasteiger partial charge in [-0.25, -0.2) is 0 Å². The summed E-state index contributed by atoms with van der Waals surface area (Å²) in [7, 11) is -0.148. The first kappa shape index (κ1) is 13.8. The number of ether oxygens (including phenoxy) is 2. The zero-order valence-electron chi connectivity index (χ0n) is 12.6. The van der Waals surface area contributed by atoms with Gasteiger partial charge in [0.2, 0.25) is 6.79 Å². The maximum Gasteiger partial charge on any atom is 0.458 e. The molecule has 2 aliphatic rings. The van der Waals surface area contributed by atoms with E-state index in [0.29, 0.717) is 6.79 Å². The molecule has 0 aromatic heterocycles. The Kier molecular flexibility index (Phi) is 3.22. The van der Waals surface area contributed by atoms with Crippen molar-refractivity contribution in [2.75, 3.05) is 6.79 Å². The Morgan fingerprint density at radius 2 is 1.65 bits per heavy atom. The van der Waals surface area contributed by atoms with Crippen molar-refractivity contribution in [3.8, 4) is 11.5 Å². The Bertz CT molecular complexity index is 497. The lowest BCUT2D eigenvalue weighted by Crippen LogP contribution is -2.41. The van der Waals surface area contributed by atoms with E-state index in [1.54, 1.807) is 0 Å². The summed E-state index contributed by atoms with van der Waals surface area (Å²) < 4.78 is 22.7. The van der Waals surface area contributed by atoms with Gasteiger partial charge in [-0.2, -0.15) is 0 Å². The molecule has 0 N–H and O–H groups in total. The predicted octanol–water partition coefficient (Wildman–Crippen LogP) is 3.05. The summed E-state index contributed by atoms with van der Waals surface area (Å²) in [5.74, 6) is 1.65. The van der Waals surface area contributed by atoms with Crippen LogP contribution >= 0.6 is 0 Å². The second kappa shape index (κ2) is 4.67. The van der Waals surface area contributed by atoms with Crippen LogP contribution in [0.15, 0.2) is 18.2 Å². The molecule has 0 radical (unpaired) electrons. The molecule has 0 aliphatic carbocycles. The third-order valence-electron chi connectivity index (χ3n) is 4.41. The van der Waals surface area contributed by atoms with E-state index >= 15 is 0 Å². The van der Waals surface area contributed by atoms with Crippen LogP contribution in [0.1, 0.15) is 33.3 Å². The molecule has 20 heavy (non-hydrogen) atoms. The van der Waals surface area contributed by atoms with E-state index in [-0.39, 0.29) is 18.3 Å². The molecule has 4 nitrogen and oxygen atoms in total. The van der Waals surface area contributed by atoms with Crippen molar-refractivity contribution in [2.45, 2.75) is 51.6 Å². The van der Waals surface area contributed by atoms with Crippen LogP contribution < -0.4 is 9.47 Å². The van der Waals surface area contributed by atoms with Crippen LogP contribution in [0, 0.1) is 0 Å². The number of hydrogen-bond donors (Lipinski definition) is 0. The van der Waals surface area contributed by atoms with Gasteiger partial charge in [0.25, 0.3) is 0 Å². The molecule has 1 aromatic rings. The van der Waals surface area contributed by atoms with Gasteiger partial charge in [0, 0.05) is 0 Å². The van der Waals surface area contributed by atoms with Crippen LogP contribution in [0.25, 0.3) is 0 Å². The minimum absolute atomic E-state index is 0.148. The molecule has 0 spiro atoms. The van der Waals surface area contributed by atoms with Crippen molar-refractivity contribution in [1.82, 2.24) is 0 Å². The fourth-order valence-electron chi connectivity index (χ4n) is 2.46. The molecule has 0 saturated carbocycles. The lowest BCUT2D eigenvalue weighted by Gasteiger charge is -2.32. The van der Waals surface area contributed by atoms with Crippen molar-refractivity contribution < 1.29 is 18.8 Å². The van der Waals surface area contributed by atoms with E-state index in [9.17, 15) is 0 Å². The zero-order valence-corrected chi connectivity index (χ0v) is 12.6. The van der Waals surface area contributed by atoms with E-state index in [4.69, 9.17) is 18.8 Å². The molecule has 1 aromatic carbocycles. The third-order valence-corrected chi connectivity index (χ3v) is 4.41. The summed E-state index contributed by atoms with van der Waals surface area (Å²) in [6, 6.07) is 6.06. The lowest BCUT2D eigenvalue weighted by molar-refractivity contribution is 0.00578. The first-order valence-corrected chi connectivity index (χ1v) is 7.12. The maximum atomic E-state index is 6.00. The molecular formula is C15H21BO4. The summed E-state index contributed by atoms with van der Waals surface area (Å²) in [6.45, 7) is 8.62. The predicted molar refractivity (Wildman–Crippen MR) is 77.2 cm³/mol. The van der Waals surface area contributed by atoms with Crippen molar-refractivity contribution in [3.63, 3.8) is 0 Å². The van der Waals surface area contributed by atoms with Gasteiger partial charge in [0.05, 0.1) is 11.2 Å². The summed E-state index contributed by atoms with van der Waals surface area (Å²) in [6.07, 6.45) is 1.74. The van der Waals surface area contributed by atoms with Crippen LogP contribution in [0.4, 0.5) is 0 Å². The second-order valence-corrected chi connectivity index (χ2v) is 6.41. The van der Waals surface area contributed by atoms with Crippen LogP contribution in [-0.2, 0) is 15.7 Å². The van der Waals surface area contributed by atoms with Crippen molar-refractivity contribution in [1.29, 1.82) is 0 Å². The topological polar surface area (TPSA) is 36.9 Å². The molecule has 0 unspecified atom stereocenters. The smallest absolute Gasteiger partial charge is 0.454 e. The molecule has 3 rings (SSSR count). The van der Waals surface area contributed by atoms with E-state index in [1.807, 2.05) is 12.1 Å². The van der Waals surface area contributed by atoms with Gasteiger partial charge in [0.15, 0.2) is 11.5 Å². The normalized spacial score (nSPS) is 22.3. The number of hydrogen-bond acceptors (Lipinski definition) is 4. The van der Waals surface area contributed by atoms with Crippen molar-refractivity contribution >= 4 is 7.12 Å².